The Bertz CT molecular complexity index is 847. The molecule has 2 aliphatic rings. The van der Waals surface area contributed by atoms with Crippen LogP contribution in [0.5, 0.6) is 0 Å². The zero-order valence-electron chi connectivity index (χ0n) is 16.4. The Morgan fingerprint density at radius 2 is 2.22 bits per heavy atom. The molecule has 7 heteroatoms. The molecule has 0 radical (unpaired) electrons. The van der Waals surface area contributed by atoms with Crippen LogP contribution in [-0.4, -0.2) is 57.5 Å². The van der Waals surface area contributed by atoms with Gasteiger partial charge in [0, 0.05) is 56.0 Å². The van der Waals surface area contributed by atoms with E-state index in [0.29, 0.717) is 24.3 Å². The van der Waals surface area contributed by atoms with Gasteiger partial charge in [0.15, 0.2) is 0 Å². The molecule has 0 unspecified atom stereocenters. The van der Waals surface area contributed by atoms with Gasteiger partial charge in [0.1, 0.15) is 17.1 Å². The largest absolute Gasteiger partial charge is 0.361 e. The maximum absolute atomic E-state index is 13.1. The molecule has 144 valence electrons. The van der Waals surface area contributed by atoms with Crippen molar-refractivity contribution in [2.24, 2.45) is 0 Å². The fraction of sp³-hybridized carbons (Fsp3) is 0.600. The second kappa shape index (κ2) is 7.38. The standard InChI is InChI=1S/C20H27N5O2/c1-4-16-18(13(2)27-23-16)20(26)25-8-5-6-14(12-25)19-21-10-15-11-24(3)9-7-17(15)22-19/h10,14H,4-9,11-12H2,1-3H3/t14-/m0/s1. The molecule has 1 atom stereocenters. The topological polar surface area (TPSA) is 75.4 Å². The highest BCUT2D eigenvalue weighted by Gasteiger charge is 2.31. The van der Waals surface area contributed by atoms with Crippen molar-refractivity contribution in [3.8, 4) is 0 Å². The number of likely N-dealkylation sites (tertiary alicyclic amines) is 1. The third-order valence-electron chi connectivity index (χ3n) is 5.70. The quantitative estimate of drug-likeness (QED) is 0.827. The summed E-state index contributed by atoms with van der Waals surface area (Å²) in [4.78, 5) is 26.8. The lowest BCUT2D eigenvalue weighted by Gasteiger charge is -2.32. The average molecular weight is 369 g/mol. The first-order valence-corrected chi connectivity index (χ1v) is 9.84. The van der Waals surface area contributed by atoms with Gasteiger partial charge in [-0.15, -0.1) is 0 Å². The van der Waals surface area contributed by atoms with E-state index in [-0.39, 0.29) is 11.8 Å². The molecule has 4 rings (SSSR count). The molecule has 2 aromatic rings. The first-order valence-electron chi connectivity index (χ1n) is 9.84. The fourth-order valence-corrected chi connectivity index (χ4v) is 4.13. The lowest BCUT2D eigenvalue weighted by atomic mass is 9.95. The second-order valence-corrected chi connectivity index (χ2v) is 7.69. The van der Waals surface area contributed by atoms with Crippen molar-refractivity contribution in [3.05, 3.63) is 40.3 Å². The maximum Gasteiger partial charge on any atom is 0.259 e. The number of amides is 1. The van der Waals surface area contributed by atoms with Gasteiger partial charge in [-0.25, -0.2) is 9.97 Å². The number of hydrogen-bond acceptors (Lipinski definition) is 6. The predicted octanol–water partition coefficient (Wildman–Crippen LogP) is 2.34. The zero-order chi connectivity index (χ0) is 19.0. The molecular weight excluding hydrogens is 342 g/mol. The molecule has 0 aromatic carbocycles. The number of carbonyl (C=O) groups is 1. The number of carbonyl (C=O) groups excluding carboxylic acids is 1. The molecule has 1 fully saturated rings. The summed E-state index contributed by atoms with van der Waals surface area (Å²) in [7, 11) is 2.12. The SMILES string of the molecule is CCc1noc(C)c1C(=O)N1CCC[C@H](c2ncc3c(n2)CCN(C)C3)C1. The summed E-state index contributed by atoms with van der Waals surface area (Å²) in [5, 5.41) is 4.03. The normalized spacial score (nSPS) is 20.6. The Labute approximate surface area is 159 Å². The van der Waals surface area contributed by atoms with E-state index >= 15 is 0 Å². The van der Waals surface area contributed by atoms with Gasteiger partial charge >= 0.3 is 0 Å². The van der Waals surface area contributed by atoms with Crippen molar-refractivity contribution in [2.45, 2.75) is 52.0 Å². The third-order valence-corrected chi connectivity index (χ3v) is 5.70. The van der Waals surface area contributed by atoms with Crippen LogP contribution >= 0.6 is 0 Å². The van der Waals surface area contributed by atoms with Crippen molar-refractivity contribution < 1.29 is 9.32 Å². The number of fused-ring (bicyclic) bond motifs is 1. The summed E-state index contributed by atoms with van der Waals surface area (Å²) >= 11 is 0. The van der Waals surface area contributed by atoms with Gasteiger partial charge < -0.3 is 14.3 Å². The van der Waals surface area contributed by atoms with E-state index < -0.39 is 0 Å². The molecule has 0 bridgehead atoms. The molecule has 2 aromatic heterocycles. The fourth-order valence-electron chi connectivity index (χ4n) is 4.13. The van der Waals surface area contributed by atoms with E-state index in [9.17, 15) is 4.79 Å². The molecule has 0 spiro atoms. The van der Waals surface area contributed by atoms with Gasteiger partial charge in [-0.1, -0.05) is 12.1 Å². The van der Waals surface area contributed by atoms with Gasteiger partial charge in [0.05, 0.1) is 5.69 Å². The predicted molar refractivity (Wildman–Crippen MR) is 101 cm³/mol. The molecule has 0 saturated carbocycles. The molecule has 4 heterocycles. The van der Waals surface area contributed by atoms with Crippen LogP contribution in [0, 0.1) is 6.92 Å². The smallest absolute Gasteiger partial charge is 0.259 e. The maximum atomic E-state index is 13.1. The molecule has 2 aliphatic heterocycles. The number of aryl methyl sites for hydroxylation is 2. The number of likely N-dealkylation sites (N-methyl/N-ethyl adjacent to an activating group) is 1. The minimum Gasteiger partial charge on any atom is -0.361 e. The first kappa shape index (κ1) is 18.1. The number of piperidine rings is 1. The average Bonchev–Trinajstić information content (AvgIpc) is 3.07. The Morgan fingerprint density at radius 1 is 1.37 bits per heavy atom. The number of nitrogens with zero attached hydrogens (tertiary/aromatic N) is 5. The number of rotatable bonds is 3. The Morgan fingerprint density at radius 3 is 3.04 bits per heavy atom. The van der Waals surface area contributed by atoms with E-state index in [0.717, 1.165) is 50.4 Å². The number of hydrogen-bond donors (Lipinski definition) is 0. The summed E-state index contributed by atoms with van der Waals surface area (Å²) in [5.74, 6) is 1.70. The first-order chi connectivity index (χ1) is 13.1. The van der Waals surface area contributed by atoms with E-state index in [1.807, 2.05) is 24.9 Å². The highest BCUT2D eigenvalue weighted by atomic mass is 16.5. The van der Waals surface area contributed by atoms with Crippen molar-refractivity contribution in [3.63, 3.8) is 0 Å². The molecule has 0 N–H and O–H groups in total. The summed E-state index contributed by atoms with van der Waals surface area (Å²) in [6.45, 7) is 7.17. The van der Waals surface area contributed by atoms with Gasteiger partial charge in [-0.3, -0.25) is 4.79 Å². The van der Waals surface area contributed by atoms with Gasteiger partial charge in [-0.2, -0.15) is 0 Å². The Hall–Kier alpha value is -2.28. The molecule has 7 nitrogen and oxygen atoms in total. The lowest BCUT2D eigenvalue weighted by molar-refractivity contribution is 0.0701. The van der Waals surface area contributed by atoms with Crippen molar-refractivity contribution in [1.29, 1.82) is 0 Å². The lowest BCUT2D eigenvalue weighted by Crippen LogP contribution is -2.40. The van der Waals surface area contributed by atoms with Crippen LogP contribution in [0.15, 0.2) is 10.7 Å². The Balaban J connectivity index is 1.53. The highest BCUT2D eigenvalue weighted by Crippen LogP contribution is 2.28. The van der Waals surface area contributed by atoms with Crippen LogP contribution in [0.4, 0.5) is 0 Å². The van der Waals surface area contributed by atoms with Gasteiger partial charge in [0.2, 0.25) is 0 Å². The van der Waals surface area contributed by atoms with Crippen LogP contribution < -0.4 is 0 Å². The molecule has 1 amide bonds. The monoisotopic (exact) mass is 369 g/mol. The van der Waals surface area contributed by atoms with Gasteiger partial charge in [0.25, 0.3) is 5.91 Å². The summed E-state index contributed by atoms with van der Waals surface area (Å²) in [6.07, 6.45) is 5.62. The summed E-state index contributed by atoms with van der Waals surface area (Å²) in [6, 6.07) is 0. The van der Waals surface area contributed by atoms with Crippen LogP contribution in [0.3, 0.4) is 0 Å². The molecule has 27 heavy (non-hydrogen) atoms. The third kappa shape index (κ3) is 3.48. The highest BCUT2D eigenvalue weighted by molar-refractivity contribution is 5.96. The van der Waals surface area contributed by atoms with Crippen molar-refractivity contribution in [2.75, 3.05) is 26.7 Å². The van der Waals surface area contributed by atoms with Crippen LogP contribution in [0.1, 0.15) is 64.6 Å². The summed E-state index contributed by atoms with van der Waals surface area (Å²) < 4.78 is 5.25. The van der Waals surface area contributed by atoms with E-state index in [2.05, 4.69) is 22.1 Å². The second-order valence-electron chi connectivity index (χ2n) is 7.69. The minimum absolute atomic E-state index is 0.0230. The molecule has 0 aliphatic carbocycles. The van der Waals surface area contributed by atoms with Crippen LogP contribution in [-0.2, 0) is 19.4 Å². The number of aromatic nitrogens is 3. The van der Waals surface area contributed by atoms with E-state index in [1.165, 1.54) is 11.3 Å². The van der Waals surface area contributed by atoms with Crippen molar-refractivity contribution in [1.82, 2.24) is 24.9 Å². The van der Waals surface area contributed by atoms with E-state index in [4.69, 9.17) is 9.51 Å². The van der Waals surface area contributed by atoms with Crippen LogP contribution in [0.2, 0.25) is 0 Å². The summed E-state index contributed by atoms with van der Waals surface area (Å²) in [5.41, 5.74) is 3.77. The van der Waals surface area contributed by atoms with E-state index in [1.54, 1.807) is 0 Å². The molecule has 1 saturated heterocycles. The van der Waals surface area contributed by atoms with Gasteiger partial charge in [-0.05, 0) is 33.2 Å². The van der Waals surface area contributed by atoms with Crippen molar-refractivity contribution >= 4 is 5.91 Å². The Kier molecular flexibility index (Phi) is 4.95. The zero-order valence-corrected chi connectivity index (χ0v) is 16.4. The van der Waals surface area contributed by atoms with Crippen LogP contribution in [0.25, 0.3) is 0 Å². The molecular formula is C20H27N5O2. The minimum atomic E-state index is 0.0230.